The van der Waals surface area contributed by atoms with Gasteiger partial charge in [-0.3, -0.25) is 5.50 Å². The smallest absolute Gasteiger partial charge is 0.247 e. The molecule has 0 radical (unpaired) electrons. The third-order valence-corrected chi connectivity index (χ3v) is 2.72. The van der Waals surface area contributed by atoms with Crippen molar-refractivity contribution < 1.29 is 14.9 Å². The zero-order valence-electron chi connectivity index (χ0n) is 7.43. The summed E-state index contributed by atoms with van der Waals surface area (Å²) in [5.74, 6) is 0.803. The fourth-order valence-corrected chi connectivity index (χ4v) is 2.05. The molecule has 2 rings (SSSR count). The largest absolute Gasteiger partial charge is 0.395 e. The molecule has 0 aliphatic heterocycles. The highest BCUT2D eigenvalue weighted by atomic mass is 31.2. The van der Waals surface area contributed by atoms with Crippen molar-refractivity contribution in [1.29, 1.82) is 0 Å². The number of hydrogen-bond acceptors (Lipinski definition) is 4. The highest BCUT2D eigenvalue weighted by Gasteiger charge is 2.39. The Morgan fingerprint density at radius 1 is 1.54 bits per heavy atom. The summed E-state index contributed by atoms with van der Waals surface area (Å²) >= 11 is 0. The molecule has 2 aliphatic carbocycles. The second-order valence-electron chi connectivity index (χ2n) is 3.70. The van der Waals surface area contributed by atoms with Crippen LogP contribution in [0.25, 0.3) is 0 Å². The van der Waals surface area contributed by atoms with Gasteiger partial charge in [-0.1, -0.05) is 12.2 Å². The first-order valence-corrected chi connectivity index (χ1v) is 5.62. The van der Waals surface area contributed by atoms with Crippen LogP contribution < -0.4 is 5.50 Å². The van der Waals surface area contributed by atoms with Crippen LogP contribution in [0.1, 0.15) is 19.3 Å². The lowest BCUT2D eigenvalue weighted by Crippen LogP contribution is -2.16. The lowest BCUT2D eigenvalue weighted by Gasteiger charge is -2.18. The molecule has 2 unspecified atom stereocenters. The van der Waals surface area contributed by atoms with Crippen LogP contribution in [-0.2, 0) is 0 Å². The van der Waals surface area contributed by atoms with Gasteiger partial charge in [0, 0.05) is 5.41 Å². The zero-order valence-corrected chi connectivity index (χ0v) is 8.32. The monoisotopic (exact) mass is 205 g/mol. The van der Waals surface area contributed by atoms with Gasteiger partial charge < -0.3 is 14.9 Å². The Kier molecular flexibility index (Phi) is 3.83. The lowest BCUT2D eigenvalue weighted by molar-refractivity contribution is 0.177. The van der Waals surface area contributed by atoms with Crippen LogP contribution in [0.15, 0.2) is 12.2 Å². The molecule has 0 aromatic carbocycles. The van der Waals surface area contributed by atoms with E-state index in [1.165, 1.54) is 19.3 Å². The summed E-state index contributed by atoms with van der Waals surface area (Å²) in [5.41, 5.74) is 4.51. The van der Waals surface area contributed by atoms with E-state index in [1.54, 1.807) is 0 Å². The molecule has 0 spiro atoms. The summed E-state index contributed by atoms with van der Waals surface area (Å²) in [7, 11) is -2.12. The van der Waals surface area contributed by atoms with Crippen molar-refractivity contribution in [3.63, 3.8) is 0 Å². The van der Waals surface area contributed by atoms with Crippen molar-refractivity contribution in [2.45, 2.75) is 19.3 Å². The van der Waals surface area contributed by atoms with E-state index in [4.69, 9.17) is 14.9 Å². The highest BCUT2D eigenvalue weighted by Crippen LogP contribution is 2.48. The molecular weight excluding hydrogens is 189 g/mol. The normalized spacial score (nSPS) is 35.0. The van der Waals surface area contributed by atoms with E-state index in [-0.39, 0.29) is 5.41 Å². The molecule has 0 aromatic rings. The second-order valence-corrected chi connectivity index (χ2v) is 4.34. The van der Waals surface area contributed by atoms with Crippen molar-refractivity contribution in [3.05, 3.63) is 12.2 Å². The third kappa shape index (κ3) is 3.01. The molecule has 1 saturated carbocycles. The summed E-state index contributed by atoms with van der Waals surface area (Å²) in [6.45, 7) is 0.361. The summed E-state index contributed by atoms with van der Waals surface area (Å²) in [6.07, 6.45) is 8.20. The number of hydrogen-bond donors (Lipinski definition) is 4. The molecule has 13 heavy (non-hydrogen) atoms. The molecule has 0 aromatic heterocycles. The first-order valence-electron chi connectivity index (χ1n) is 4.31. The van der Waals surface area contributed by atoms with Gasteiger partial charge >= 0.3 is 0 Å². The maximum absolute atomic E-state index is 8.99. The van der Waals surface area contributed by atoms with Crippen LogP contribution in [0.3, 0.4) is 0 Å². The number of fused-ring (bicyclic) bond motifs is 2. The number of allylic oxidation sites excluding steroid dienone is 1. The number of aliphatic hydroxyl groups is 1. The molecule has 2 aliphatic rings. The van der Waals surface area contributed by atoms with E-state index in [0.29, 0.717) is 6.61 Å². The van der Waals surface area contributed by atoms with Crippen molar-refractivity contribution in [2.24, 2.45) is 16.8 Å². The Morgan fingerprint density at radius 3 is 2.31 bits per heavy atom. The fraction of sp³-hybridized carbons (Fsp3) is 0.750. The van der Waals surface area contributed by atoms with Gasteiger partial charge in [-0.25, -0.2) is 0 Å². The molecule has 4 nitrogen and oxygen atoms in total. The Hall–Kier alpha value is 0.0100. The molecule has 0 heterocycles. The highest BCUT2D eigenvalue weighted by molar-refractivity contribution is 7.42. The maximum atomic E-state index is 8.99. The topological polar surface area (TPSA) is 86.7 Å². The number of nitrogens with two attached hydrogens (primary N) is 1. The van der Waals surface area contributed by atoms with Crippen LogP contribution in [0.2, 0.25) is 0 Å². The standard InChI is InChI=1S/C8H12O.H4NO2P/c9-6-8-3-1-7(5-8)2-4-8;1-4(2)3/h1,3,7,9H,2,4-6H2;2-3H,1H2. The molecule has 1 fully saturated rings. The van der Waals surface area contributed by atoms with Gasteiger partial charge in [-0.05, 0) is 25.2 Å². The van der Waals surface area contributed by atoms with Crippen LogP contribution in [0, 0.1) is 11.3 Å². The number of aliphatic hydroxyl groups excluding tert-OH is 1. The van der Waals surface area contributed by atoms with Crippen LogP contribution >= 0.6 is 8.53 Å². The summed E-state index contributed by atoms with van der Waals surface area (Å²) in [4.78, 5) is 14.9. The maximum Gasteiger partial charge on any atom is 0.247 e. The van der Waals surface area contributed by atoms with Gasteiger partial charge in [-0.2, -0.15) is 0 Å². The Labute approximate surface area is 79.1 Å². The Bertz CT molecular complexity index is 195. The van der Waals surface area contributed by atoms with Crippen LogP contribution in [0.4, 0.5) is 0 Å². The number of rotatable bonds is 1. The van der Waals surface area contributed by atoms with Gasteiger partial charge in [0.05, 0.1) is 6.61 Å². The SMILES string of the molecule is NP(O)O.OCC12C=CC(CC1)C2. The third-order valence-electron chi connectivity index (χ3n) is 2.72. The molecular formula is C8H16NO3P. The van der Waals surface area contributed by atoms with Crippen LogP contribution in [-0.4, -0.2) is 21.5 Å². The van der Waals surface area contributed by atoms with Crippen molar-refractivity contribution in [2.75, 3.05) is 6.61 Å². The van der Waals surface area contributed by atoms with Gasteiger partial charge in [-0.15, -0.1) is 0 Å². The minimum Gasteiger partial charge on any atom is -0.395 e. The van der Waals surface area contributed by atoms with Gasteiger partial charge in [0.2, 0.25) is 8.53 Å². The quantitative estimate of drug-likeness (QED) is 0.370. The van der Waals surface area contributed by atoms with Crippen molar-refractivity contribution in [1.82, 2.24) is 0 Å². The summed E-state index contributed by atoms with van der Waals surface area (Å²) in [5, 5.41) is 8.99. The van der Waals surface area contributed by atoms with E-state index in [2.05, 4.69) is 17.7 Å². The van der Waals surface area contributed by atoms with E-state index in [1.807, 2.05) is 0 Å². The zero-order chi connectivity index (χ0) is 9.90. The van der Waals surface area contributed by atoms with Crippen LogP contribution in [0.5, 0.6) is 0 Å². The van der Waals surface area contributed by atoms with E-state index in [9.17, 15) is 0 Å². The predicted octanol–water partition coefficient (Wildman–Crippen LogP) is 0.492. The van der Waals surface area contributed by atoms with E-state index in [0.717, 1.165) is 5.92 Å². The molecule has 5 N–H and O–H groups in total. The van der Waals surface area contributed by atoms with E-state index < -0.39 is 8.53 Å². The molecule has 2 bridgehead atoms. The Morgan fingerprint density at radius 2 is 2.15 bits per heavy atom. The van der Waals surface area contributed by atoms with Gasteiger partial charge in [0.25, 0.3) is 0 Å². The van der Waals surface area contributed by atoms with Gasteiger partial charge in [0.15, 0.2) is 0 Å². The minimum absolute atomic E-state index is 0.227. The van der Waals surface area contributed by atoms with Gasteiger partial charge in [0.1, 0.15) is 0 Å². The second kappa shape index (κ2) is 4.49. The minimum atomic E-state index is -2.12. The molecule has 2 atom stereocenters. The van der Waals surface area contributed by atoms with Crippen molar-refractivity contribution >= 4 is 8.53 Å². The Balaban J connectivity index is 0.000000184. The molecule has 76 valence electrons. The first kappa shape index (κ1) is 11.1. The average molecular weight is 205 g/mol. The summed E-state index contributed by atoms with van der Waals surface area (Å²) < 4.78 is 0. The van der Waals surface area contributed by atoms with Crippen molar-refractivity contribution in [3.8, 4) is 0 Å². The average Bonchev–Trinajstić information content (AvgIpc) is 2.62. The van der Waals surface area contributed by atoms with E-state index >= 15 is 0 Å². The molecule has 0 amide bonds. The fourth-order valence-electron chi connectivity index (χ4n) is 2.05. The first-order chi connectivity index (χ1) is 6.08. The lowest BCUT2D eigenvalue weighted by atomic mass is 9.89. The molecule has 0 saturated heterocycles. The molecule has 5 heteroatoms. The summed E-state index contributed by atoms with van der Waals surface area (Å²) in [6, 6.07) is 0. The predicted molar refractivity (Wildman–Crippen MR) is 51.5 cm³/mol.